The predicted molar refractivity (Wildman–Crippen MR) is 111 cm³/mol. The van der Waals surface area contributed by atoms with Gasteiger partial charge in [0.05, 0.1) is 38.5 Å². The second kappa shape index (κ2) is 8.00. The van der Waals surface area contributed by atoms with Crippen LogP contribution in [-0.2, 0) is 19.1 Å². The van der Waals surface area contributed by atoms with Gasteiger partial charge in [-0.1, -0.05) is 0 Å². The molecule has 170 valence electrons. The second-order valence-corrected chi connectivity index (χ2v) is 11.4. The van der Waals surface area contributed by atoms with E-state index in [0.29, 0.717) is 25.7 Å². The molecular weight excluding hydrogens is 388 g/mol. The molecule has 0 aromatic rings. The Morgan fingerprint density at radius 1 is 0.633 bits per heavy atom. The van der Waals surface area contributed by atoms with Gasteiger partial charge >= 0.3 is 11.9 Å². The van der Waals surface area contributed by atoms with Crippen molar-refractivity contribution in [3.8, 4) is 0 Å². The predicted octanol–water partition coefficient (Wildman–Crippen LogP) is 3.85. The quantitative estimate of drug-likeness (QED) is 0.490. The number of hydrogen-bond donors (Lipinski definition) is 0. The maximum Gasteiger partial charge on any atom is 0.306 e. The molecule has 8 nitrogen and oxygen atoms in total. The molecule has 2 fully saturated rings. The molecule has 8 heteroatoms. The summed E-state index contributed by atoms with van der Waals surface area (Å²) in [7, 11) is 0. The van der Waals surface area contributed by atoms with Gasteiger partial charge in [0, 0.05) is 74.7 Å². The number of piperidine rings is 2. The Hall–Kier alpha value is -1.86. The van der Waals surface area contributed by atoms with Crippen LogP contribution in [0.4, 0.5) is 0 Å². The number of carbonyl (C=O) groups is 2. The normalized spacial score (nSPS) is 25.6. The van der Waals surface area contributed by atoms with E-state index in [1.54, 1.807) is 0 Å². The highest BCUT2D eigenvalue weighted by atomic mass is 16.6. The smallest absolute Gasteiger partial charge is 0.306 e. The SMILES string of the molecule is CC1(C)CC(OC(=O)CCC(=O)OC2CC(C)(C)[N+](=O)C(C)(C)C2)CC(C)(C)[N+]1=O. The fourth-order valence-corrected chi connectivity index (χ4v) is 5.20. The summed E-state index contributed by atoms with van der Waals surface area (Å²) in [5, 5.41) is 0. The maximum atomic E-state index is 12.4. The molecule has 0 atom stereocenters. The van der Waals surface area contributed by atoms with Crippen LogP contribution < -0.4 is 0 Å². The van der Waals surface area contributed by atoms with E-state index in [1.165, 1.54) is 0 Å². The van der Waals surface area contributed by atoms with Crippen LogP contribution >= 0.6 is 0 Å². The third kappa shape index (κ3) is 5.43. The largest absolute Gasteiger partial charge is 0.462 e. The van der Waals surface area contributed by atoms with Crippen molar-refractivity contribution in [1.82, 2.24) is 0 Å². The van der Waals surface area contributed by atoms with Crippen LogP contribution in [0.1, 0.15) is 93.9 Å². The molecule has 2 aliphatic heterocycles. The van der Waals surface area contributed by atoms with Crippen LogP contribution in [0.5, 0.6) is 0 Å². The molecule has 0 unspecified atom stereocenters. The van der Waals surface area contributed by atoms with Crippen molar-refractivity contribution in [2.45, 2.75) is 128 Å². The van der Waals surface area contributed by atoms with Gasteiger partial charge in [-0.3, -0.25) is 9.59 Å². The molecule has 0 saturated carbocycles. The molecule has 30 heavy (non-hydrogen) atoms. The average Bonchev–Trinajstić information content (AvgIpc) is 2.54. The van der Waals surface area contributed by atoms with Crippen molar-refractivity contribution >= 4 is 11.9 Å². The van der Waals surface area contributed by atoms with Crippen LogP contribution in [0.3, 0.4) is 0 Å². The van der Waals surface area contributed by atoms with Gasteiger partial charge in [0.1, 0.15) is 12.2 Å². The monoisotopic (exact) mass is 426 g/mol. The first-order chi connectivity index (χ1) is 13.5. The topological polar surface area (TPSA) is 92.8 Å². The highest BCUT2D eigenvalue weighted by Crippen LogP contribution is 2.37. The minimum absolute atomic E-state index is 0.0650. The summed E-state index contributed by atoms with van der Waals surface area (Å²) < 4.78 is 13.3. The van der Waals surface area contributed by atoms with Gasteiger partial charge in [0.2, 0.25) is 22.2 Å². The van der Waals surface area contributed by atoms with Crippen molar-refractivity contribution in [3.05, 3.63) is 9.81 Å². The number of carbonyl (C=O) groups excluding carboxylic acids is 2. The van der Waals surface area contributed by atoms with E-state index >= 15 is 0 Å². The summed E-state index contributed by atoms with van der Waals surface area (Å²) in [6, 6.07) is 0. The van der Waals surface area contributed by atoms with E-state index in [-0.39, 0.29) is 25.0 Å². The van der Waals surface area contributed by atoms with Gasteiger partial charge in [-0.2, -0.15) is 0 Å². The van der Waals surface area contributed by atoms with Crippen LogP contribution in [-0.4, -0.2) is 55.8 Å². The zero-order chi connectivity index (χ0) is 23.1. The highest BCUT2D eigenvalue weighted by molar-refractivity contribution is 5.77. The third-order valence-electron chi connectivity index (χ3n) is 6.24. The fourth-order valence-electron chi connectivity index (χ4n) is 5.20. The molecule has 2 rings (SSSR count). The van der Waals surface area contributed by atoms with Crippen LogP contribution in [0.2, 0.25) is 0 Å². The Labute approximate surface area is 179 Å². The van der Waals surface area contributed by atoms with Gasteiger partial charge in [-0.05, 0) is 0 Å². The van der Waals surface area contributed by atoms with Crippen LogP contribution in [0, 0.1) is 9.81 Å². The van der Waals surface area contributed by atoms with Crippen LogP contribution in [0.15, 0.2) is 0 Å². The van der Waals surface area contributed by atoms with Crippen molar-refractivity contribution in [2.24, 2.45) is 0 Å². The standard InChI is InChI=1S/C22H38N2O6/c1-19(2)11-15(12-20(3,4)23(19)27)29-17(25)9-10-18(26)30-16-13-21(5,6)24(28)22(7,8)14-16/h15-16H,9-14H2,1-8H3/q+2. The Morgan fingerprint density at radius 3 is 1.10 bits per heavy atom. The summed E-state index contributed by atoms with van der Waals surface area (Å²) in [6.45, 7) is 14.7. The molecule has 0 bridgehead atoms. The Balaban J connectivity index is 1.85. The summed E-state index contributed by atoms with van der Waals surface area (Å²) in [5.74, 6) is -0.920. The van der Waals surface area contributed by atoms with Crippen molar-refractivity contribution in [2.75, 3.05) is 0 Å². The molecule has 0 radical (unpaired) electrons. The third-order valence-corrected chi connectivity index (χ3v) is 6.24. The van der Waals surface area contributed by atoms with E-state index in [9.17, 15) is 19.4 Å². The lowest BCUT2D eigenvalue weighted by Gasteiger charge is -2.36. The van der Waals surface area contributed by atoms with Gasteiger partial charge in [0.25, 0.3) is 0 Å². The van der Waals surface area contributed by atoms with Crippen LogP contribution in [0.25, 0.3) is 0 Å². The molecule has 2 saturated heterocycles. The number of ether oxygens (including phenoxy) is 2. The molecule has 0 N–H and O–H groups in total. The minimum atomic E-state index is -0.623. The van der Waals surface area contributed by atoms with Gasteiger partial charge < -0.3 is 9.47 Å². The first-order valence-corrected chi connectivity index (χ1v) is 10.8. The van der Waals surface area contributed by atoms with E-state index < -0.39 is 34.1 Å². The molecular formula is C22H38N2O6+2. The van der Waals surface area contributed by atoms with Crippen molar-refractivity contribution < 1.29 is 28.6 Å². The average molecular weight is 427 g/mol. The first kappa shape index (κ1) is 24.4. The van der Waals surface area contributed by atoms with E-state index in [1.807, 2.05) is 55.4 Å². The first-order valence-electron chi connectivity index (χ1n) is 10.8. The number of rotatable bonds is 5. The minimum Gasteiger partial charge on any atom is -0.462 e. The number of esters is 2. The molecule has 2 aliphatic rings. The number of nitroso groups, excluding NO2 is 2. The highest BCUT2D eigenvalue weighted by Gasteiger charge is 2.56. The van der Waals surface area contributed by atoms with Crippen molar-refractivity contribution in [3.63, 3.8) is 0 Å². The second-order valence-electron chi connectivity index (χ2n) is 11.4. The lowest BCUT2D eigenvalue weighted by atomic mass is 9.80. The number of nitrogens with zero attached hydrogens (tertiary/aromatic N) is 2. The summed E-state index contributed by atoms with van der Waals surface area (Å²) in [4.78, 5) is 49.4. The van der Waals surface area contributed by atoms with E-state index in [0.717, 1.165) is 9.52 Å². The maximum absolute atomic E-state index is 12.4. The van der Waals surface area contributed by atoms with Gasteiger partial charge in [-0.15, -0.1) is 0 Å². The summed E-state index contributed by atoms with van der Waals surface area (Å²) >= 11 is 0. The molecule has 0 amide bonds. The molecule has 2 heterocycles. The Morgan fingerprint density at radius 2 is 0.867 bits per heavy atom. The lowest BCUT2D eigenvalue weighted by molar-refractivity contribution is -0.695. The fraction of sp³-hybridized carbons (Fsp3) is 0.909. The molecule has 0 aromatic carbocycles. The molecule has 0 aromatic heterocycles. The summed E-state index contributed by atoms with van der Waals surface area (Å²) in [6.07, 6.45) is 0.970. The zero-order valence-corrected chi connectivity index (χ0v) is 19.7. The van der Waals surface area contributed by atoms with E-state index in [4.69, 9.17) is 9.47 Å². The van der Waals surface area contributed by atoms with E-state index in [2.05, 4.69) is 0 Å². The molecule has 0 aliphatic carbocycles. The van der Waals surface area contributed by atoms with Gasteiger partial charge in [0.15, 0.2) is 0 Å². The van der Waals surface area contributed by atoms with Gasteiger partial charge in [-0.25, -0.2) is 0 Å². The Bertz CT molecular complexity index is 636. The van der Waals surface area contributed by atoms with Crippen molar-refractivity contribution in [1.29, 1.82) is 0 Å². The lowest BCUT2D eigenvalue weighted by Crippen LogP contribution is -2.56. The summed E-state index contributed by atoms with van der Waals surface area (Å²) in [5.41, 5.74) is -2.49. The number of hydrogen-bond acceptors (Lipinski definition) is 6. The molecule has 0 spiro atoms. The zero-order valence-electron chi connectivity index (χ0n) is 19.7. The Kier molecular flexibility index (Phi) is 6.51.